The Bertz CT molecular complexity index is 558. The second-order valence-corrected chi connectivity index (χ2v) is 6.15. The molecule has 1 aliphatic rings. The Balaban J connectivity index is 1.86. The van der Waals surface area contributed by atoms with E-state index in [2.05, 4.69) is 22.9 Å². The first-order valence-corrected chi connectivity index (χ1v) is 7.45. The number of carbonyl (C=O) groups is 1. The molecule has 0 aromatic carbocycles. The van der Waals surface area contributed by atoms with Crippen molar-refractivity contribution in [1.29, 1.82) is 0 Å². The van der Waals surface area contributed by atoms with Crippen molar-refractivity contribution in [2.75, 3.05) is 5.75 Å². The highest BCUT2D eigenvalue weighted by atomic mass is 32.2. The van der Waals surface area contributed by atoms with Crippen molar-refractivity contribution in [3.05, 3.63) is 35.8 Å². The highest BCUT2D eigenvalue weighted by Gasteiger charge is 2.16. The van der Waals surface area contributed by atoms with Crippen molar-refractivity contribution >= 4 is 23.7 Å². The van der Waals surface area contributed by atoms with Gasteiger partial charge in [0.15, 0.2) is 6.29 Å². The summed E-state index contributed by atoms with van der Waals surface area (Å²) >= 11 is 2.06. The molecule has 3 heterocycles. The van der Waals surface area contributed by atoms with Crippen LogP contribution in [0.25, 0.3) is 5.65 Å². The lowest BCUT2D eigenvalue weighted by molar-refractivity contribution is 0.112. The van der Waals surface area contributed by atoms with Gasteiger partial charge in [-0.2, -0.15) is 11.8 Å². The number of aldehydes is 1. The van der Waals surface area contributed by atoms with Gasteiger partial charge >= 0.3 is 0 Å². The highest BCUT2D eigenvalue weighted by Crippen LogP contribution is 2.27. The van der Waals surface area contributed by atoms with Gasteiger partial charge in [-0.15, -0.1) is 0 Å². The second kappa shape index (κ2) is 5.14. The lowest BCUT2D eigenvalue weighted by atomic mass is 10.1. The maximum Gasteiger partial charge on any atom is 0.153 e. The number of thioether (sulfide) groups is 1. The molecule has 1 fully saturated rings. The Morgan fingerprint density at radius 1 is 1.50 bits per heavy atom. The predicted molar refractivity (Wildman–Crippen MR) is 74.4 cm³/mol. The quantitative estimate of drug-likeness (QED) is 0.796. The second-order valence-electron chi connectivity index (χ2n) is 4.74. The van der Waals surface area contributed by atoms with Crippen LogP contribution in [0.1, 0.15) is 35.3 Å². The van der Waals surface area contributed by atoms with Crippen LogP contribution in [-0.4, -0.2) is 26.7 Å². The van der Waals surface area contributed by atoms with Crippen LogP contribution in [0.5, 0.6) is 0 Å². The van der Waals surface area contributed by atoms with E-state index in [9.17, 15) is 4.79 Å². The van der Waals surface area contributed by atoms with Gasteiger partial charge in [0.1, 0.15) is 5.65 Å². The molecule has 3 nitrogen and oxygen atoms in total. The van der Waals surface area contributed by atoms with Crippen LogP contribution in [-0.2, 0) is 6.42 Å². The highest BCUT2D eigenvalue weighted by molar-refractivity contribution is 7.99. The first kappa shape index (κ1) is 11.8. The van der Waals surface area contributed by atoms with Crippen molar-refractivity contribution in [3.8, 4) is 0 Å². The number of fused-ring (bicyclic) bond motifs is 1. The molecule has 0 saturated carbocycles. The van der Waals surface area contributed by atoms with Crippen molar-refractivity contribution in [2.24, 2.45) is 0 Å². The van der Waals surface area contributed by atoms with Crippen LogP contribution in [0.15, 0.2) is 24.5 Å². The topological polar surface area (TPSA) is 34.4 Å². The van der Waals surface area contributed by atoms with Crippen LogP contribution in [0.4, 0.5) is 0 Å². The molecule has 0 amide bonds. The molecule has 4 heteroatoms. The van der Waals surface area contributed by atoms with E-state index in [-0.39, 0.29) is 0 Å². The Labute approximate surface area is 111 Å². The van der Waals surface area contributed by atoms with Gasteiger partial charge in [0, 0.05) is 24.1 Å². The van der Waals surface area contributed by atoms with Gasteiger partial charge in [-0.05, 0) is 30.7 Å². The van der Waals surface area contributed by atoms with Crippen molar-refractivity contribution in [1.82, 2.24) is 9.38 Å². The number of hydrogen-bond donors (Lipinski definition) is 0. The van der Waals surface area contributed by atoms with E-state index < -0.39 is 0 Å². The number of rotatable bonds is 3. The smallest absolute Gasteiger partial charge is 0.153 e. The van der Waals surface area contributed by atoms with Crippen molar-refractivity contribution in [2.45, 2.75) is 30.9 Å². The summed E-state index contributed by atoms with van der Waals surface area (Å²) in [7, 11) is 0. The summed E-state index contributed by atoms with van der Waals surface area (Å²) in [6, 6.07) is 3.70. The molecule has 3 rings (SSSR count). The molecule has 2 aromatic heterocycles. The predicted octanol–water partition coefficient (Wildman–Crippen LogP) is 2.98. The lowest BCUT2D eigenvalue weighted by Crippen LogP contribution is -2.12. The zero-order valence-corrected chi connectivity index (χ0v) is 11.0. The van der Waals surface area contributed by atoms with Crippen LogP contribution >= 0.6 is 11.8 Å². The first-order valence-electron chi connectivity index (χ1n) is 6.40. The minimum atomic E-state index is 0.667. The van der Waals surface area contributed by atoms with E-state index in [1.165, 1.54) is 25.0 Å². The molecule has 0 aliphatic carbocycles. The number of carbonyl (C=O) groups excluding carboxylic acids is 1. The minimum Gasteiger partial charge on any atom is -0.306 e. The molecular weight excluding hydrogens is 244 g/mol. The zero-order chi connectivity index (χ0) is 12.4. The number of hydrogen-bond acceptors (Lipinski definition) is 3. The molecule has 1 atom stereocenters. The number of imidazole rings is 1. The summed E-state index contributed by atoms with van der Waals surface area (Å²) in [5.74, 6) is 1.28. The number of pyridine rings is 1. The Morgan fingerprint density at radius 2 is 2.44 bits per heavy atom. The average molecular weight is 260 g/mol. The zero-order valence-electron chi connectivity index (χ0n) is 10.2. The van der Waals surface area contributed by atoms with Crippen LogP contribution in [0.3, 0.4) is 0 Å². The SMILES string of the molecule is O=Cc1cccn2cc(CC3CCCCS3)nc12. The van der Waals surface area contributed by atoms with Crippen LogP contribution < -0.4 is 0 Å². The largest absolute Gasteiger partial charge is 0.306 e. The Hall–Kier alpha value is -1.29. The molecule has 1 saturated heterocycles. The van der Waals surface area contributed by atoms with E-state index in [0.29, 0.717) is 10.8 Å². The third-order valence-corrected chi connectivity index (χ3v) is 4.80. The fourth-order valence-corrected chi connectivity index (χ4v) is 3.80. The Kier molecular flexibility index (Phi) is 3.37. The van der Waals surface area contributed by atoms with Gasteiger partial charge in [0.2, 0.25) is 0 Å². The molecule has 1 aliphatic heterocycles. The van der Waals surface area contributed by atoms with Gasteiger partial charge in [0.05, 0.1) is 11.3 Å². The maximum atomic E-state index is 11.0. The monoisotopic (exact) mass is 260 g/mol. The van der Waals surface area contributed by atoms with Gasteiger partial charge < -0.3 is 4.40 Å². The summed E-state index contributed by atoms with van der Waals surface area (Å²) < 4.78 is 1.95. The van der Waals surface area contributed by atoms with E-state index in [4.69, 9.17) is 0 Å². The molecule has 0 bridgehead atoms. The third kappa shape index (κ3) is 2.29. The Morgan fingerprint density at radius 3 is 3.22 bits per heavy atom. The molecule has 0 N–H and O–H groups in total. The summed E-state index contributed by atoms with van der Waals surface area (Å²) in [5, 5.41) is 0.698. The maximum absolute atomic E-state index is 11.0. The van der Waals surface area contributed by atoms with Crippen molar-refractivity contribution < 1.29 is 4.79 Å². The summed E-state index contributed by atoms with van der Waals surface area (Å²) in [4.78, 5) is 15.6. The summed E-state index contributed by atoms with van der Waals surface area (Å²) in [6.45, 7) is 0. The standard InChI is InChI=1S/C14H16N2OS/c17-10-11-4-3-6-16-9-12(15-14(11)16)8-13-5-1-2-7-18-13/h3-4,6,9-10,13H,1-2,5,7-8H2. The third-order valence-electron chi connectivity index (χ3n) is 3.40. The van der Waals surface area contributed by atoms with Gasteiger partial charge in [-0.3, -0.25) is 4.79 Å². The van der Waals surface area contributed by atoms with Gasteiger partial charge in [-0.25, -0.2) is 4.98 Å². The van der Waals surface area contributed by atoms with E-state index in [1.54, 1.807) is 0 Å². The summed E-state index contributed by atoms with van der Waals surface area (Å²) in [5.41, 5.74) is 2.55. The fraction of sp³-hybridized carbons (Fsp3) is 0.429. The van der Waals surface area contributed by atoms with Crippen molar-refractivity contribution in [3.63, 3.8) is 0 Å². The average Bonchev–Trinajstić information content (AvgIpc) is 2.82. The molecule has 94 valence electrons. The van der Waals surface area contributed by atoms with Crippen LogP contribution in [0.2, 0.25) is 0 Å². The van der Waals surface area contributed by atoms with E-state index >= 15 is 0 Å². The fourth-order valence-electron chi connectivity index (χ4n) is 2.48. The van der Waals surface area contributed by atoms with Gasteiger partial charge in [0.25, 0.3) is 0 Å². The molecule has 0 spiro atoms. The van der Waals surface area contributed by atoms with E-state index in [1.807, 2.05) is 22.7 Å². The number of nitrogens with zero attached hydrogens (tertiary/aromatic N) is 2. The summed E-state index contributed by atoms with van der Waals surface area (Å²) in [6.07, 6.45) is 9.88. The van der Waals surface area contributed by atoms with Gasteiger partial charge in [-0.1, -0.05) is 6.42 Å². The first-order chi connectivity index (χ1) is 8.86. The lowest BCUT2D eigenvalue weighted by Gasteiger charge is -2.19. The minimum absolute atomic E-state index is 0.667. The van der Waals surface area contributed by atoms with Crippen LogP contribution in [0, 0.1) is 0 Å². The number of aromatic nitrogens is 2. The molecular formula is C14H16N2OS. The van der Waals surface area contributed by atoms with E-state index in [0.717, 1.165) is 24.0 Å². The molecule has 1 unspecified atom stereocenters. The molecule has 2 aromatic rings. The molecule has 0 radical (unpaired) electrons. The molecule has 18 heavy (non-hydrogen) atoms. The normalized spacial score (nSPS) is 20.1.